The number of nitrogen functional groups attached to an aromatic ring is 1. The van der Waals surface area contributed by atoms with E-state index in [1.807, 2.05) is 0 Å². The van der Waals surface area contributed by atoms with Crippen LogP contribution in [0.4, 0.5) is 17.3 Å². The van der Waals surface area contributed by atoms with E-state index in [-0.39, 0.29) is 17.5 Å². The summed E-state index contributed by atoms with van der Waals surface area (Å²) in [6, 6.07) is 3.22. The molecule has 0 bridgehead atoms. The Morgan fingerprint density at radius 3 is 2.67 bits per heavy atom. The van der Waals surface area contributed by atoms with Gasteiger partial charge in [-0.3, -0.25) is 10.1 Å². The number of pyridine rings is 1. The lowest BCUT2D eigenvalue weighted by molar-refractivity contribution is -0.384. The summed E-state index contributed by atoms with van der Waals surface area (Å²) in [4.78, 5) is 14.1. The van der Waals surface area contributed by atoms with Crippen molar-refractivity contribution >= 4 is 17.3 Å². The molecule has 0 aliphatic heterocycles. The van der Waals surface area contributed by atoms with Gasteiger partial charge in [-0.25, -0.2) is 4.98 Å². The maximum absolute atomic E-state index is 10.6. The van der Waals surface area contributed by atoms with E-state index in [4.69, 9.17) is 5.73 Å². The maximum Gasteiger partial charge on any atom is 0.311 e. The second kappa shape index (κ2) is 6.18. The largest absolute Gasteiger partial charge is 0.378 e. The zero-order valence-corrected chi connectivity index (χ0v) is 11.0. The molecule has 100 valence electrons. The van der Waals surface area contributed by atoms with Gasteiger partial charge in [-0.1, -0.05) is 20.3 Å². The number of nitrogens with two attached hydrogens (primary N) is 1. The summed E-state index contributed by atoms with van der Waals surface area (Å²) in [6.45, 7) is 6.40. The molecule has 1 aromatic rings. The monoisotopic (exact) mass is 252 g/mol. The van der Waals surface area contributed by atoms with Crippen molar-refractivity contribution in [3.8, 4) is 0 Å². The van der Waals surface area contributed by atoms with E-state index in [0.29, 0.717) is 11.7 Å². The minimum Gasteiger partial charge on any atom is -0.378 e. The van der Waals surface area contributed by atoms with Crippen molar-refractivity contribution in [2.45, 2.75) is 39.7 Å². The molecular weight excluding hydrogens is 232 g/mol. The Bertz CT molecular complexity index is 423. The molecule has 1 heterocycles. The van der Waals surface area contributed by atoms with Crippen LogP contribution in [0, 0.1) is 16.0 Å². The average molecular weight is 252 g/mol. The van der Waals surface area contributed by atoms with Gasteiger partial charge in [0.25, 0.3) is 0 Å². The first-order chi connectivity index (χ1) is 8.43. The van der Waals surface area contributed by atoms with Crippen LogP contribution in [0.15, 0.2) is 12.1 Å². The lowest BCUT2D eigenvalue weighted by Crippen LogP contribution is -2.19. The predicted octanol–water partition coefficient (Wildman–Crippen LogP) is 2.81. The molecule has 0 saturated carbocycles. The number of aromatic nitrogens is 1. The molecule has 0 radical (unpaired) electrons. The molecule has 1 aromatic heterocycles. The second-order valence-corrected chi connectivity index (χ2v) is 4.65. The molecule has 2 unspecified atom stereocenters. The summed E-state index contributed by atoms with van der Waals surface area (Å²) in [5.74, 6) is 1.15. The molecular formula is C12H20N4O2. The molecule has 0 amide bonds. The van der Waals surface area contributed by atoms with E-state index < -0.39 is 4.92 Å². The normalized spacial score (nSPS) is 13.9. The topological polar surface area (TPSA) is 94.1 Å². The summed E-state index contributed by atoms with van der Waals surface area (Å²) in [6.07, 6.45) is 2.15. The maximum atomic E-state index is 10.6. The van der Waals surface area contributed by atoms with Crippen molar-refractivity contribution < 1.29 is 4.92 Å². The van der Waals surface area contributed by atoms with Gasteiger partial charge in [0.2, 0.25) is 5.82 Å². The molecule has 3 N–H and O–H groups in total. The van der Waals surface area contributed by atoms with Crippen LogP contribution in [0.5, 0.6) is 0 Å². The summed E-state index contributed by atoms with van der Waals surface area (Å²) in [5.41, 5.74) is 5.38. The number of nitro groups is 1. The standard InChI is InChI=1S/C12H20N4O2/c1-4-8(2)7-9(3)14-11-6-5-10(16(17)18)12(13)15-11/h5-6,8-9H,4,7H2,1-3H3,(H3,13,14,15). The zero-order valence-electron chi connectivity index (χ0n) is 11.0. The minimum atomic E-state index is -0.533. The lowest BCUT2D eigenvalue weighted by Gasteiger charge is -2.18. The summed E-state index contributed by atoms with van der Waals surface area (Å²) in [7, 11) is 0. The molecule has 1 rings (SSSR count). The Hall–Kier alpha value is -1.85. The Morgan fingerprint density at radius 2 is 2.17 bits per heavy atom. The van der Waals surface area contributed by atoms with Gasteiger partial charge in [-0.2, -0.15) is 0 Å². The van der Waals surface area contributed by atoms with Crippen LogP contribution < -0.4 is 11.1 Å². The number of anilines is 2. The molecule has 0 saturated heterocycles. The van der Waals surface area contributed by atoms with Crippen LogP contribution in [0.25, 0.3) is 0 Å². The summed E-state index contributed by atoms with van der Waals surface area (Å²) < 4.78 is 0. The highest BCUT2D eigenvalue weighted by molar-refractivity contribution is 5.57. The molecule has 2 atom stereocenters. The van der Waals surface area contributed by atoms with E-state index in [0.717, 1.165) is 12.8 Å². The van der Waals surface area contributed by atoms with Crippen LogP contribution in [-0.4, -0.2) is 15.9 Å². The summed E-state index contributed by atoms with van der Waals surface area (Å²) in [5, 5.41) is 13.8. The van der Waals surface area contributed by atoms with Crippen LogP contribution in [0.2, 0.25) is 0 Å². The molecule has 0 aromatic carbocycles. The van der Waals surface area contributed by atoms with Crippen molar-refractivity contribution in [1.29, 1.82) is 0 Å². The Kier molecular flexibility index (Phi) is 4.88. The van der Waals surface area contributed by atoms with E-state index in [1.54, 1.807) is 6.07 Å². The fourth-order valence-corrected chi connectivity index (χ4v) is 1.78. The highest BCUT2D eigenvalue weighted by atomic mass is 16.6. The first-order valence-corrected chi connectivity index (χ1v) is 6.11. The Morgan fingerprint density at radius 1 is 1.50 bits per heavy atom. The van der Waals surface area contributed by atoms with Crippen molar-refractivity contribution in [2.24, 2.45) is 5.92 Å². The van der Waals surface area contributed by atoms with Crippen molar-refractivity contribution in [1.82, 2.24) is 4.98 Å². The van der Waals surface area contributed by atoms with Crippen molar-refractivity contribution in [3.05, 3.63) is 22.2 Å². The van der Waals surface area contributed by atoms with Gasteiger partial charge in [0.1, 0.15) is 5.82 Å². The van der Waals surface area contributed by atoms with Gasteiger partial charge >= 0.3 is 5.69 Å². The first-order valence-electron chi connectivity index (χ1n) is 6.11. The number of nitrogens with one attached hydrogen (secondary N) is 1. The molecule has 0 aliphatic rings. The van der Waals surface area contributed by atoms with Gasteiger partial charge < -0.3 is 11.1 Å². The van der Waals surface area contributed by atoms with Crippen molar-refractivity contribution in [3.63, 3.8) is 0 Å². The quantitative estimate of drug-likeness (QED) is 0.599. The third-order valence-corrected chi connectivity index (χ3v) is 2.95. The highest BCUT2D eigenvalue weighted by Crippen LogP contribution is 2.21. The van der Waals surface area contributed by atoms with Crippen molar-refractivity contribution in [2.75, 3.05) is 11.1 Å². The Balaban J connectivity index is 2.68. The van der Waals surface area contributed by atoms with Gasteiger partial charge in [0, 0.05) is 12.1 Å². The number of nitrogens with zero attached hydrogens (tertiary/aromatic N) is 2. The third-order valence-electron chi connectivity index (χ3n) is 2.95. The van der Waals surface area contributed by atoms with E-state index >= 15 is 0 Å². The molecule has 6 nitrogen and oxygen atoms in total. The van der Waals surface area contributed by atoms with Gasteiger partial charge in [0.05, 0.1) is 4.92 Å². The molecule has 0 fully saturated rings. The van der Waals surface area contributed by atoms with Gasteiger partial charge in [-0.05, 0) is 25.3 Å². The first kappa shape index (κ1) is 14.2. The van der Waals surface area contributed by atoms with E-state index in [2.05, 4.69) is 31.1 Å². The van der Waals surface area contributed by atoms with Gasteiger partial charge in [-0.15, -0.1) is 0 Å². The smallest absolute Gasteiger partial charge is 0.311 e. The van der Waals surface area contributed by atoms with Crippen LogP contribution in [0.3, 0.4) is 0 Å². The number of hydrogen-bond acceptors (Lipinski definition) is 5. The van der Waals surface area contributed by atoms with Crippen LogP contribution in [0.1, 0.15) is 33.6 Å². The van der Waals surface area contributed by atoms with Crippen LogP contribution >= 0.6 is 0 Å². The molecule has 18 heavy (non-hydrogen) atoms. The van der Waals surface area contributed by atoms with Crippen LogP contribution in [-0.2, 0) is 0 Å². The third kappa shape index (κ3) is 3.87. The zero-order chi connectivity index (χ0) is 13.7. The Labute approximate surface area is 107 Å². The molecule has 0 spiro atoms. The predicted molar refractivity (Wildman–Crippen MR) is 72.5 cm³/mol. The van der Waals surface area contributed by atoms with E-state index in [9.17, 15) is 10.1 Å². The fourth-order valence-electron chi connectivity index (χ4n) is 1.78. The molecule has 6 heteroatoms. The van der Waals surface area contributed by atoms with Gasteiger partial charge in [0.15, 0.2) is 0 Å². The highest BCUT2D eigenvalue weighted by Gasteiger charge is 2.14. The van der Waals surface area contributed by atoms with E-state index in [1.165, 1.54) is 6.07 Å². The average Bonchev–Trinajstić information content (AvgIpc) is 2.28. The second-order valence-electron chi connectivity index (χ2n) is 4.65. The number of rotatable bonds is 6. The molecule has 0 aliphatic carbocycles. The fraction of sp³-hybridized carbons (Fsp3) is 0.583. The SMILES string of the molecule is CCC(C)CC(C)Nc1ccc([N+](=O)[O-])c(N)n1. The minimum absolute atomic E-state index is 0.0549. The lowest BCUT2D eigenvalue weighted by atomic mass is 10.0. The summed E-state index contributed by atoms with van der Waals surface area (Å²) >= 11 is 0. The number of hydrogen-bond donors (Lipinski definition) is 2.